The highest BCUT2D eigenvalue weighted by Gasteiger charge is 2.21. The third kappa shape index (κ3) is 4.04. The van der Waals surface area contributed by atoms with Crippen molar-refractivity contribution in [3.63, 3.8) is 0 Å². The fraction of sp³-hybridized carbons (Fsp3) is 0.357. The van der Waals surface area contributed by atoms with Crippen LogP contribution in [0.3, 0.4) is 0 Å². The summed E-state index contributed by atoms with van der Waals surface area (Å²) in [5.41, 5.74) is 1.01. The van der Waals surface area contributed by atoms with Crippen LogP contribution in [-0.4, -0.2) is 18.5 Å². The molecule has 0 saturated carbocycles. The third-order valence-electron chi connectivity index (χ3n) is 2.91. The normalized spacial score (nSPS) is 13.7. The van der Waals surface area contributed by atoms with Crippen LogP contribution in [-0.2, 0) is 9.53 Å². The zero-order chi connectivity index (χ0) is 13.5. The molecule has 18 heavy (non-hydrogen) atoms. The Kier molecular flexibility index (Phi) is 6.23. The highest BCUT2D eigenvalue weighted by atomic mass is 35.5. The van der Waals surface area contributed by atoms with Crippen LogP contribution in [0.1, 0.15) is 18.4 Å². The molecule has 1 rings (SSSR count). The fourth-order valence-electron chi connectivity index (χ4n) is 1.67. The fourth-order valence-corrected chi connectivity index (χ4v) is 2.33. The molecule has 2 atom stereocenters. The molecule has 0 aromatic heterocycles. The minimum Gasteiger partial charge on any atom is -0.462 e. The molecule has 0 saturated heterocycles. The average Bonchev–Trinajstić information content (AvgIpc) is 2.39. The number of alkyl halides is 1. The van der Waals surface area contributed by atoms with Crippen LogP contribution in [0.15, 0.2) is 36.9 Å². The molecular weight excluding hydrogens is 271 g/mol. The van der Waals surface area contributed by atoms with Crippen LogP contribution in [0.5, 0.6) is 0 Å². The van der Waals surface area contributed by atoms with Crippen molar-refractivity contribution < 1.29 is 9.53 Å². The lowest BCUT2D eigenvalue weighted by molar-refractivity contribution is -0.139. The van der Waals surface area contributed by atoms with Gasteiger partial charge in [0.15, 0.2) is 0 Å². The van der Waals surface area contributed by atoms with Gasteiger partial charge < -0.3 is 4.74 Å². The number of hydrogen-bond donors (Lipinski definition) is 0. The maximum Gasteiger partial charge on any atom is 0.330 e. The lowest BCUT2D eigenvalue weighted by Crippen LogP contribution is -2.20. The highest BCUT2D eigenvalue weighted by molar-refractivity contribution is 6.31. The molecule has 0 amide bonds. The van der Waals surface area contributed by atoms with Gasteiger partial charge in [0.1, 0.15) is 0 Å². The van der Waals surface area contributed by atoms with E-state index in [1.54, 1.807) is 0 Å². The Morgan fingerprint density at radius 1 is 1.50 bits per heavy atom. The van der Waals surface area contributed by atoms with Crippen molar-refractivity contribution in [2.24, 2.45) is 5.92 Å². The number of halogens is 2. The molecule has 0 heterocycles. The van der Waals surface area contributed by atoms with Gasteiger partial charge in [-0.05, 0) is 17.5 Å². The molecule has 2 unspecified atom stereocenters. The molecule has 2 nitrogen and oxygen atoms in total. The largest absolute Gasteiger partial charge is 0.462 e. The van der Waals surface area contributed by atoms with Gasteiger partial charge >= 0.3 is 5.97 Å². The zero-order valence-electron chi connectivity index (χ0n) is 10.2. The first-order valence-electron chi connectivity index (χ1n) is 5.69. The van der Waals surface area contributed by atoms with E-state index in [0.29, 0.717) is 10.9 Å². The van der Waals surface area contributed by atoms with E-state index in [1.165, 1.54) is 0 Å². The smallest absolute Gasteiger partial charge is 0.330 e. The Labute approximate surface area is 118 Å². The number of carbonyl (C=O) groups is 1. The summed E-state index contributed by atoms with van der Waals surface area (Å²) >= 11 is 12.1. The van der Waals surface area contributed by atoms with Crippen LogP contribution < -0.4 is 0 Å². The number of benzene rings is 1. The molecule has 0 aliphatic carbocycles. The molecule has 0 aliphatic rings. The molecule has 1 aromatic carbocycles. The summed E-state index contributed by atoms with van der Waals surface area (Å²) in [5.74, 6) is 0.109. The molecular formula is C14H16Cl2O2. The summed E-state index contributed by atoms with van der Waals surface area (Å²) in [4.78, 5) is 11.0. The Bertz CT molecular complexity index is 418. The van der Waals surface area contributed by atoms with Crippen molar-refractivity contribution in [3.05, 3.63) is 47.5 Å². The van der Waals surface area contributed by atoms with Gasteiger partial charge in [-0.25, -0.2) is 4.79 Å². The lowest BCUT2D eigenvalue weighted by atomic mass is 9.89. The molecule has 1 aromatic rings. The standard InChI is InChI=1S/C14H16Cl2O2/c1-3-14(17)18-9-11(8-15)10(2)12-6-4-5-7-13(12)16/h3-7,10-11H,1,8-9H2,2H3. The Morgan fingerprint density at radius 2 is 2.17 bits per heavy atom. The molecule has 0 radical (unpaired) electrons. The van der Waals surface area contributed by atoms with Crippen molar-refractivity contribution >= 4 is 29.2 Å². The van der Waals surface area contributed by atoms with Crippen molar-refractivity contribution in [2.75, 3.05) is 12.5 Å². The van der Waals surface area contributed by atoms with Gasteiger partial charge in [0.2, 0.25) is 0 Å². The number of hydrogen-bond acceptors (Lipinski definition) is 2. The zero-order valence-corrected chi connectivity index (χ0v) is 11.7. The molecule has 98 valence electrons. The number of esters is 1. The van der Waals surface area contributed by atoms with Gasteiger partial charge in [0.25, 0.3) is 0 Å². The van der Waals surface area contributed by atoms with E-state index in [-0.39, 0.29) is 18.4 Å². The molecule has 0 aliphatic heterocycles. The maximum absolute atomic E-state index is 11.0. The van der Waals surface area contributed by atoms with E-state index in [9.17, 15) is 4.79 Å². The highest BCUT2D eigenvalue weighted by Crippen LogP contribution is 2.30. The van der Waals surface area contributed by atoms with Gasteiger partial charge in [-0.2, -0.15) is 0 Å². The maximum atomic E-state index is 11.0. The predicted octanol–water partition coefficient (Wildman–Crippen LogP) is 4.03. The number of rotatable bonds is 6. The molecule has 0 fully saturated rings. The second-order valence-electron chi connectivity index (χ2n) is 4.06. The van der Waals surface area contributed by atoms with E-state index in [1.807, 2.05) is 31.2 Å². The molecule has 0 N–H and O–H groups in total. The Balaban J connectivity index is 2.73. The van der Waals surface area contributed by atoms with E-state index in [0.717, 1.165) is 11.6 Å². The first-order valence-corrected chi connectivity index (χ1v) is 6.61. The third-order valence-corrected chi connectivity index (χ3v) is 3.65. The first kappa shape index (κ1) is 15.1. The van der Waals surface area contributed by atoms with Crippen molar-refractivity contribution in [2.45, 2.75) is 12.8 Å². The molecule has 0 spiro atoms. The van der Waals surface area contributed by atoms with Crippen LogP contribution in [0.2, 0.25) is 5.02 Å². The summed E-state index contributed by atoms with van der Waals surface area (Å²) in [6.45, 7) is 5.64. The van der Waals surface area contributed by atoms with Crippen molar-refractivity contribution in [3.8, 4) is 0 Å². The van der Waals surface area contributed by atoms with Gasteiger partial charge in [0, 0.05) is 22.9 Å². The SMILES string of the molecule is C=CC(=O)OCC(CCl)C(C)c1ccccc1Cl. The second-order valence-corrected chi connectivity index (χ2v) is 4.77. The quantitative estimate of drug-likeness (QED) is 0.448. The van der Waals surface area contributed by atoms with Gasteiger partial charge in [-0.1, -0.05) is 43.3 Å². The second kappa shape index (κ2) is 7.45. The minimum absolute atomic E-state index is 0.0236. The molecule has 0 bridgehead atoms. The average molecular weight is 287 g/mol. The summed E-state index contributed by atoms with van der Waals surface area (Å²) in [6.07, 6.45) is 1.14. The predicted molar refractivity (Wildman–Crippen MR) is 75.2 cm³/mol. The summed E-state index contributed by atoms with van der Waals surface area (Å²) in [5, 5.41) is 0.704. The van der Waals surface area contributed by atoms with Crippen molar-refractivity contribution in [1.29, 1.82) is 0 Å². The van der Waals surface area contributed by atoms with Gasteiger partial charge in [-0.3, -0.25) is 0 Å². The lowest BCUT2D eigenvalue weighted by Gasteiger charge is -2.22. The van der Waals surface area contributed by atoms with Crippen LogP contribution in [0.4, 0.5) is 0 Å². The first-order chi connectivity index (χ1) is 8.60. The Morgan fingerprint density at radius 3 is 2.72 bits per heavy atom. The summed E-state index contributed by atoms with van der Waals surface area (Å²) in [7, 11) is 0. The van der Waals surface area contributed by atoms with E-state index >= 15 is 0 Å². The monoisotopic (exact) mass is 286 g/mol. The minimum atomic E-state index is -0.434. The van der Waals surface area contributed by atoms with Crippen LogP contribution >= 0.6 is 23.2 Å². The van der Waals surface area contributed by atoms with E-state index in [2.05, 4.69) is 6.58 Å². The van der Waals surface area contributed by atoms with Crippen LogP contribution in [0.25, 0.3) is 0 Å². The topological polar surface area (TPSA) is 26.3 Å². The Hall–Kier alpha value is -0.990. The van der Waals surface area contributed by atoms with E-state index < -0.39 is 5.97 Å². The van der Waals surface area contributed by atoms with Gasteiger partial charge in [-0.15, -0.1) is 11.6 Å². The van der Waals surface area contributed by atoms with E-state index in [4.69, 9.17) is 27.9 Å². The summed E-state index contributed by atoms with van der Waals surface area (Å²) < 4.78 is 5.04. The number of ether oxygens (including phenoxy) is 1. The molecule has 4 heteroatoms. The van der Waals surface area contributed by atoms with Gasteiger partial charge in [0.05, 0.1) is 6.61 Å². The van der Waals surface area contributed by atoms with Crippen LogP contribution in [0, 0.1) is 5.92 Å². The number of carbonyl (C=O) groups excluding carboxylic acids is 1. The summed E-state index contributed by atoms with van der Waals surface area (Å²) in [6, 6.07) is 7.61. The van der Waals surface area contributed by atoms with Crippen molar-refractivity contribution in [1.82, 2.24) is 0 Å².